The molecule has 0 aliphatic carbocycles. The van der Waals surface area contributed by atoms with Crippen molar-refractivity contribution < 1.29 is 17.9 Å². The number of sulfonamides is 1. The van der Waals surface area contributed by atoms with Crippen molar-refractivity contribution >= 4 is 15.9 Å². The van der Waals surface area contributed by atoms with Crippen LogP contribution in [0.25, 0.3) is 0 Å². The molecule has 0 bridgehead atoms. The van der Waals surface area contributed by atoms with Crippen LogP contribution in [-0.4, -0.2) is 33.5 Å². The summed E-state index contributed by atoms with van der Waals surface area (Å²) in [6.07, 6.45) is 2.20. The molecule has 0 radical (unpaired) electrons. The summed E-state index contributed by atoms with van der Waals surface area (Å²) in [6.45, 7) is 4.78. The van der Waals surface area contributed by atoms with Crippen LogP contribution in [0.5, 0.6) is 5.75 Å². The average molecular weight is 326 g/mol. The van der Waals surface area contributed by atoms with Crippen molar-refractivity contribution in [3.05, 3.63) is 23.8 Å². The molecule has 6 nitrogen and oxygen atoms in total. The number of aryl methyl sites for hydroxylation is 1. The maximum absolute atomic E-state index is 12.4. The van der Waals surface area contributed by atoms with Crippen LogP contribution in [0.4, 0.5) is 0 Å². The van der Waals surface area contributed by atoms with Gasteiger partial charge in [0.15, 0.2) is 0 Å². The van der Waals surface area contributed by atoms with Gasteiger partial charge < -0.3 is 10.1 Å². The van der Waals surface area contributed by atoms with Gasteiger partial charge in [0, 0.05) is 6.54 Å². The van der Waals surface area contributed by atoms with Crippen molar-refractivity contribution in [2.24, 2.45) is 0 Å². The highest BCUT2D eigenvalue weighted by molar-refractivity contribution is 7.89. The molecule has 0 unspecified atom stereocenters. The highest BCUT2D eigenvalue weighted by Gasteiger charge is 2.27. The molecule has 1 fully saturated rings. The fourth-order valence-corrected chi connectivity index (χ4v) is 3.73. The maximum Gasteiger partial charge on any atom is 0.241 e. The van der Waals surface area contributed by atoms with Crippen LogP contribution in [0.3, 0.4) is 0 Å². The first-order valence-electron chi connectivity index (χ1n) is 7.47. The van der Waals surface area contributed by atoms with Crippen molar-refractivity contribution in [2.45, 2.75) is 44.0 Å². The number of carbonyl (C=O) groups is 1. The molecule has 1 aromatic rings. The van der Waals surface area contributed by atoms with Gasteiger partial charge in [0.05, 0.1) is 11.5 Å². The molecule has 1 heterocycles. The highest BCUT2D eigenvalue weighted by atomic mass is 32.2. The number of hydrogen-bond donors (Lipinski definition) is 2. The van der Waals surface area contributed by atoms with Gasteiger partial charge in [-0.25, -0.2) is 8.42 Å². The second kappa shape index (κ2) is 7.11. The number of hydrogen-bond acceptors (Lipinski definition) is 4. The van der Waals surface area contributed by atoms with Gasteiger partial charge in [-0.15, -0.1) is 0 Å². The molecule has 2 rings (SSSR count). The average Bonchev–Trinajstić information content (AvgIpc) is 2.66. The van der Waals surface area contributed by atoms with Crippen LogP contribution in [0, 0.1) is 6.92 Å². The molecule has 1 aliphatic rings. The summed E-state index contributed by atoms with van der Waals surface area (Å²) < 4.78 is 32.8. The van der Waals surface area contributed by atoms with E-state index >= 15 is 0 Å². The van der Waals surface area contributed by atoms with Crippen LogP contribution < -0.4 is 14.8 Å². The third-order valence-electron chi connectivity index (χ3n) is 3.59. The molecular formula is C15H22N2O4S. The zero-order valence-corrected chi connectivity index (χ0v) is 13.7. The fourth-order valence-electron chi connectivity index (χ4n) is 2.41. The van der Waals surface area contributed by atoms with E-state index in [0.29, 0.717) is 25.3 Å². The Kier molecular flexibility index (Phi) is 5.42. The Labute approximate surface area is 131 Å². The summed E-state index contributed by atoms with van der Waals surface area (Å²) >= 11 is 0. The lowest BCUT2D eigenvalue weighted by Crippen LogP contribution is -2.45. The minimum absolute atomic E-state index is 0.144. The first kappa shape index (κ1) is 16.8. The summed E-state index contributed by atoms with van der Waals surface area (Å²) in [5, 5.41) is 2.72. The summed E-state index contributed by atoms with van der Waals surface area (Å²) in [6, 6.07) is 3.98. The van der Waals surface area contributed by atoms with Crippen LogP contribution in [0.2, 0.25) is 0 Å². The molecule has 0 aromatic heterocycles. The number of rotatable bonds is 5. The largest absolute Gasteiger partial charge is 0.494 e. The van der Waals surface area contributed by atoms with Gasteiger partial charge in [-0.3, -0.25) is 4.79 Å². The van der Waals surface area contributed by atoms with Crippen molar-refractivity contribution in [1.29, 1.82) is 0 Å². The lowest BCUT2D eigenvalue weighted by Gasteiger charge is -2.16. The van der Waals surface area contributed by atoms with E-state index in [-0.39, 0.29) is 10.8 Å². The first-order chi connectivity index (χ1) is 10.4. The van der Waals surface area contributed by atoms with Gasteiger partial charge in [0.2, 0.25) is 15.9 Å². The molecule has 2 N–H and O–H groups in total. The monoisotopic (exact) mass is 326 g/mol. The Balaban J connectivity index is 2.19. The Morgan fingerprint density at radius 1 is 1.36 bits per heavy atom. The molecule has 1 atom stereocenters. The Hall–Kier alpha value is -1.60. The molecule has 7 heteroatoms. The quantitative estimate of drug-likeness (QED) is 0.855. The molecule has 0 spiro atoms. The van der Waals surface area contributed by atoms with Crippen molar-refractivity contribution in [3.8, 4) is 5.75 Å². The number of ether oxygens (including phenoxy) is 1. The minimum atomic E-state index is -3.73. The smallest absolute Gasteiger partial charge is 0.241 e. The van der Waals surface area contributed by atoms with Crippen LogP contribution in [0.15, 0.2) is 23.1 Å². The summed E-state index contributed by atoms with van der Waals surface area (Å²) in [5.74, 6) is 0.400. The third-order valence-corrected chi connectivity index (χ3v) is 5.06. The Bertz CT molecular complexity index is 643. The van der Waals surface area contributed by atoms with E-state index in [4.69, 9.17) is 4.74 Å². The summed E-state index contributed by atoms with van der Waals surface area (Å²) in [4.78, 5) is 12.0. The summed E-state index contributed by atoms with van der Waals surface area (Å²) in [7, 11) is -3.73. The normalized spacial score (nSPS) is 19.4. The van der Waals surface area contributed by atoms with Crippen molar-refractivity contribution in [2.75, 3.05) is 13.2 Å². The van der Waals surface area contributed by atoms with Gasteiger partial charge in [-0.2, -0.15) is 4.72 Å². The second-order valence-electron chi connectivity index (χ2n) is 5.32. The lowest BCUT2D eigenvalue weighted by molar-refractivity contribution is -0.122. The second-order valence-corrected chi connectivity index (χ2v) is 7.03. The third kappa shape index (κ3) is 3.98. The zero-order valence-electron chi connectivity index (χ0n) is 12.9. The number of benzene rings is 1. The Morgan fingerprint density at radius 2 is 2.14 bits per heavy atom. The van der Waals surface area contributed by atoms with Crippen molar-refractivity contribution in [3.63, 3.8) is 0 Å². The molecule has 1 aliphatic heterocycles. The van der Waals surface area contributed by atoms with Crippen molar-refractivity contribution in [1.82, 2.24) is 10.0 Å². The van der Waals surface area contributed by atoms with E-state index in [1.807, 2.05) is 6.92 Å². The topological polar surface area (TPSA) is 84.5 Å². The first-order valence-corrected chi connectivity index (χ1v) is 8.96. The van der Waals surface area contributed by atoms with Crippen LogP contribution in [0.1, 0.15) is 31.7 Å². The van der Waals surface area contributed by atoms with E-state index in [2.05, 4.69) is 10.0 Å². The Morgan fingerprint density at radius 3 is 2.82 bits per heavy atom. The van der Waals surface area contributed by atoms with E-state index in [9.17, 15) is 13.2 Å². The van der Waals surface area contributed by atoms with E-state index < -0.39 is 16.1 Å². The zero-order chi connectivity index (χ0) is 16.2. The van der Waals surface area contributed by atoms with Crippen LogP contribution >= 0.6 is 0 Å². The van der Waals surface area contributed by atoms with Gasteiger partial charge in [-0.1, -0.05) is 0 Å². The molecule has 1 amide bonds. The lowest BCUT2D eigenvalue weighted by atomic mass is 10.1. The number of nitrogens with one attached hydrogen (secondary N) is 2. The van der Waals surface area contributed by atoms with E-state index in [1.165, 1.54) is 6.07 Å². The number of amides is 1. The molecular weight excluding hydrogens is 304 g/mol. The molecule has 22 heavy (non-hydrogen) atoms. The molecule has 1 aromatic carbocycles. The standard InChI is InChI=1S/C15H22N2O4S/c1-3-21-14-8-7-12(10-11(14)2)22(19,20)17-13-6-4-5-9-16-15(13)18/h7-8,10,13,17H,3-6,9H2,1-2H3,(H,16,18)/t13-/m1/s1. The summed E-state index contributed by atoms with van der Waals surface area (Å²) in [5.41, 5.74) is 0.745. The van der Waals surface area contributed by atoms with Gasteiger partial charge in [0.1, 0.15) is 11.8 Å². The maximum atomic E-state index is 12.4. The molecule has 1 saturated heterocycles. The van der Waals surface area contributed by atoms with E-state index in [1.54, 1.807) is 19.1 Å². The minimum Gasteiger partial charge on any atom is -0.494 e. The van der Waals surface area contributed by atoms with Gasteiger partial charge in [0.25, 0.3) is 0 Å². The fraction of sp³-hybridized carbons (Fsp3) is 0.533. The molecule has 122 valence electrons. The van der Waals surface area contributed by atoms with Gasteiger partial charge >= 0.3 is 0 Å². The number of carbonyl (C=O) groups excluding carboxylic acids is 1. The highest BCUT2D eigenvalue weighted by Crippen LogP contribution is 2.22. The van der Waals surface area contributed by atoms with E-state index in [0.717, 1.165) is 18.4 Å². The SMILES string of the molecule is CCOc1ccc(S(=O)(=O)N[C@@H]2CCCCNC2=O)cc1C. The molecule has 0 saturated carbocycles. The predicted molar refractivity (Wildman–Crippen MR) is 83.3 cm³/mol. The van der Waals surface area contributed by atoms with Crippen LogP contribution in [-0.2, 0) is 14.8 Å². The predicted octanol–water partition coefficient (Wildman–Crippen LogP) is 1.34. The van der Waals surface area contributed by atoms with Gasteiger partial charge in [-0.05, 0) is 56.9 Å².